The molecule has 4 nitrogen and oxygen atoms in total. The molecule has 0 bridgehead atoms. The van der Waals surface area contributed by atoms with Crippen LogP contribution < -0.4 is 5.32 Å². The number of anilines is 1. The Bertz CT molecular complexity index is 389. The number of hydrogen-bond acceptors (Lipinski definition) is 4. The highest BCUT2D eigenvalue weighted by Crippen LogP contribution is 2.16. The lowest BCUT2D eigenvalue weighted by Crippen LogP contribution is -2.26. The molecule has 2 heterocycles. The summed E-state index contributed by atoms with van der Waals surface area (Å²) in [5.41, 5.74) is 0. The van der Waals surface area contributed by atoms with Crippen molar-refractivity contribution in [3.8, 4) is 0 Å². The highest BCUT2D eigenvalue weighted by atomic mass is 35.5. The van der Waals surface area contributed by atoms with Crippen LogP contribution in [0.4, 0.5) is 5.82 Å². The van der Waals surface area contributed by atoms with Crippen LogP contribution in [0.15, 0.2) is 6.07 Å². The molecule has 1 saturated heterocycles. The van der Waals surface area contributed by atoms with Crippen LogP contribution in [0.2, 0.25) is 5.15 Å². The Hall–Kier alpha value is -0.870. The van der Waals surface area contributed by atoms with Crippen LogP contribution in [0.3, 0.4) is 0 Å². The SMILES string of the molecule is CC(C)c1nc(Cl)cc(NCCN2CCCC2)n1. The van der Waals surface area contributed by atoms with E-state index in [1.807, 2.05) is 0 Å². The van der Waals surface area contributed by atoms with Crippen molar-refractivity contribution >= 4 is 17.4 Å². The molecule has 0 aliphatic carbocycles. The molecule has 1 aliphatic rings. The smallest absolute Gasteiger partial charge is 0.135 e. The Kier molecular flexibility index (Phi) is 4.78. The molecule has 1 fully saturated rings. The van der Waals surface area contributed by atoms with Crippen LogP contribution in [-0.4, -0.2) is 41.0 Å². The minimum atomic E-state index is 0.294. The molecule has 0 aromatic carbocycles. The number of hydrogen-bond donors (Lipinski definition) is 1. The Balaban J connectivity index is 1.88. The van der Waals surface area contributed by atoms with Gasteiger partial charge in [-0.3, -0.25) is 0 Å². The lowest BCUT2D eigenvalue weighted by atomic mass is 10.2. The standard InChI is InChI=1S/C13H21ClN4/c1-10(2)13-16-11(14)9-12(17-13)15-5-8-18-6-3-4-7-18/h9-10H,3-8H2,1-2H3,(H,15,16,17). The molecule has 0 saturated carbocycles. The summed E-state index contributed by atoms with van der Waals surface area (Å²) in [4.78, 5) is 11.2. The van der Waals surface area contributed by atoms with Crippen molar-refractivity contribution in [2.24, 2.45) is 0 Å². The van der Waals surface area contributed by atoms with E-state index in [4.69, 9.17) is 11.6 Å². The number of aromatic nitrogens is 2. The number of rotatable bonds is 5. The molecule has 1 aromatic heterocycles. The van der Waals surface area contributed by atoms with Crippen LogP contribution >= 0.6 is 11.6 Å². The van der Waals surface area contributed by atoms with Gasteiger partial charge in [-0.1, -0.05) is 25.4 Å². The molecular weight excluding hydrogens is 248 g/mol. The Labute approximate surface area is 114 Å². The third kappa shape index (κ3) is 3.82. The lowest BCUT2D eigenvalue weighted by molar-refractivity contribution is 0.352. The van der Waals surface area contributed by atoms with E-state index >= 15 is 0 Å². The average Bonchev–Trinajstić information content (AvgIpc) is 2.81. The van der Waals surface area contributed by atoms with Gasteiger partial charge in [0.05, 0.1) is 0 Å². The Morgan fingerprint density at radius 1 is 1.33 bits per heavy atom. The molecule has 100 valence electrons. The van der Waals surface area contributed by atoms with Crippen molar-refractivity contribution in [2.75, 3.05) is 31.5 Å². The summed E-state index contributed by atoms with van der Waals surface area (Å²) in [6.07, 6.45) is 2.66. The van der Waals surface area contributed by atoms with Crippen LogP contribution in [0.1, 0.15) is 38.4 Å². The molecule has 0 spiro atoms. The highest BCUT2D eigenvalue weighted by molar-refractivity contribution is 6.29. The topological polar surface area (TPSA) is 41.1 Å². The van der Waals surface area contributed by atoms with Crippen LogP contribution in [-0.2, 0) is 0 Å². The van der Waals surface area contributed by atoms with E-state index in [0.717, 1.165) is 24.7 Å². The van der Waals surface area contributed by atoms with Crippen molar-refractivity contribution in [1.82, 2.24) is 14.9 Å². The number of halogens is 1. The maximum atomic E-state index is 6.00. The molecule has 0 atom stereocenters. The van der Waals surface area contributed by atoms with Crippen molar-refractivity contribution in [3.05, 3.63) is 17.0 Å². The molecule has 18 heavy (non-hydrogen) atoms. The first-order chi connectivity index (χ1) is 8.65. The van der Waals surface area contributed by atoms with Gasteiger partial charge < -0.3 is 10.2 Å². The second-order valence-corrected chi connectivity index (χ2v) is 5.45. The number of nitrogens with zero attached hydrogens (tertiary/aromatic N) is 3. The molecule has 1 N–H and O–H groups in total. The predicted molar refractivity (Wildman–Crippen MR) is 75.3 cm³/mol. The van der Waals surface area contributed by atoms with Gasteiger partial charge in [-0.2, -0.15) is 0 Å². The fraction of sp³-hybridized carbons (Fsp3) is 0.692. The van der Waals surface area contributed by atoms with E-state index in [1.54, 1.807) is 6.07 Å². The predicted octanol–water partition coefficient (Wildman–Crippen LogP) is 2.76. The molecule has 0 unspecified atom stereocenters. The molecule has 2 rings (SSSR count). The first kappa shape index (κ1) is 13.6. The van der Waals surface area contributed by atoms with Crippen LogP contribution in [0, 0.1) is 0 Å². The normalized spacial score (nSPS) is 16.4. The van der Waals surface area contributed by atoms with E-state index in [-0.39, 0.29) is 0 Å². The monoisotopic (exact) mass is 268 g/mol. The summed E-state index contributed by atoms with van der Waals surface area (Å²) in [5, 5.41) is 3.84. The first-order valence-electron chi connectivity index (χ1n) is 6.66. The van der Waals surface area contributed by atoms with Gasteiger partial charge in [-0.05, 0) is 25.9 Å². The maximum Gasteiger partial charge on any atom is 0.135 e. The molecular formula is C13H21ClN4. The van der Waals surface area contributed by atoms with Gasteiger partial charge in [0.2, 0.25) is 0 Å². The van der Waals surface area contributed by atoms with Crippen LogP contribution in [0.25, 0.3) is 0 Å². The molecule has 1 aromatic rings. The first-order valence-corrected chi connectivity index (χ1v) is 7.03. The summed E-state index contributed by atoms with van der Waals surface area (Å²) in [5.74, 6) is 1.92. The van der Waals surface area contributed by atoms with E-state index < -0.39 is 0 Å². The van der Waals surface area contributed by atoms with Crippen molar-refractivity contribution < 1.29 is 0 Å². The zero-order chi connectivity index (χ0) is 13.0. The molecule has 0 amide bonds. The minimum absolute atomic E-state index is 0.294. The van der Waals surface area contributed by atoms with Gasteiger partial charge in [0.15, 0.2) is 0 Å². The third-order valence-electron chi connectivity index (χ3n) is 3.16. The number of likely N-dealkylation sites (tertiary alicyclic amines) is 1. The van der Waals surface area contributed by atoms with Gasteiger partial charge in [-0.25, -0.2) is 9.97 Å². The maximum absolute atomic E-state index is 6.00. The van der Waals surface area contributed by atoms with Crippen molar-refractivity contribution in [2.45, 2.75) is 32.6 Å². The largest absolute Gasteiger partial charge is 0.369 e. The summed E-state index contributed by atoms with van der Waals surface area (Å²) in [6.45, 7) is 8.57. The Morgan fingerprint density at radius 2 is 2.06 bits per heavy atom. The van der Waals surface area contributed by atoms with E-state index in [0.29, 0.717) is 11.1 Å². The van der Waals surface area contributed by atoms with E-state index in [2.05, 4.69) is 34.0 Å². The summed E-state index contributed by atoms with van der Waals surface area (Å²) in [7, 11) is 0. The van der Waals surface area contributed by atoms with Gasteiger partial charge in [-0.15, -0.1) is 0 Å². The minimum Gasteiger partial charge on any atom is -0.369 e. The van der Waals surface area contributed by atoms with Crippen molar-refractivity contribution in [1.29, 1.82) is 0 Å². The highest BCUT2D eigenvalue weighted by Gasteiger charge is 2.11. The molecule has 5 heteroatoms. The zero-order valence-corrected chi connectivity index (χ0v) is 11.9. The van der Waals surface area contributed by atoms with Crippen LogP contribution in [0.5, 0.6) is 0 Å². The molecule has 1 aliphatic heterocycles. The van der Waals surface area contributed by atoms with E-state index in [9.17, 15) is 0 Å². The second kappa shape index (κ2) is 6.34. The van der Waals surface area contributed by atoms with Gasteiger partial charge in [0.25, 0.3) is 0 Å². The summed E-state index contributed by atoms with van der Waals surface area (Å²) < 4.78 is 0. The second-order valence-electron chi connectivity index (χ2n) is 5.06. The van der Waals surface area contributed by atoms with Gasteiger partial charge in [0.1, 0.15) is 16.8 Å². The van der Waals surface area contributed by atoms with Gasteiger partial charge >= 0.3 is 0 Å². The Morgan fingerprint density at radius 3 is 2.72 bits per heavy atom. The fourth-order valence-electron chi connectivity index (χ4n) is 2.13. The zero-order valence-electron chi connectivity index (χ0n) is 11.1. The molecule has 0 radical (unpaired) electrons. The van der Waals surface area contributed by atoms with Crippen molar-refractivity contribution in [3.63, 3.8) is 0 Å². The van der Waals surface area contributed by atoms with E-state index in [1.165, 1.54) is 25.9 Å². The number of nitrogens with one attached hydrogen (secondary N) is 1. The fourth-order valence-corrected chi connectivity index (χ4v) is 2.32. The van der Waals surface area contributed by atoms with Gasteiger partial charge in [0, 0.05) is 25.1 Å². The third-order valence-corrected chi connectivity index (χ3v) is 3.36. The lowest BCUT2D eigenvalue weighted by Gasteiger charge is -2.15. The quantitative estimate of drug-likeness (QED) is 0.834. The summed E-state index contributed by atoms with van der Waals surface area (Å²) in [6, 6.07) is 1.79. The average molecular weight is 269 g/mol. The summed E-state index contributed by atoms with van der Waals surface area (Å²) >= 11 is 6.00.